The van der Waals surface area contributed by atoms with Gasteiger partial charge in [-0.25, -0.2) is 9.97 Å². The molecule has 3 aromatic heterocycles. The van der Waals surface area contributed by atoms with E-state index in [1.54, 1.807) is 0 Å². The number of hydrogen-bond donors (Lipinski definition) is 2. The molecule has 2 N–H and O–H groups in total. The van der Waals surface area contributed by atoms with Crippen LogP contribution >= 0.6 is 0 Å². The third kappa shape index (κ3) is 12.6. The van der Waals surface area contributed by atoms with Gasteiger partial charge in [0.1, 0.15) is 17.1 Å². The summed E-state index contributed by atoms with van der Waals surface area (Å²) in [7, 11) is 0. The van der Waals surface area contributed by atoms with E-state index in [9.17, 15) is 4.79 Å². The molecule has 7 aromatic rings. The fourth-order valence-corrected chi connectivity index (χ4v) is 11.3. The van der Waals surface area contributed by atoms with Crippen LogP contribution in [0.4, 0.5) is 0 Å². The zero-order valence-corrected chi connectivity index (χ0v) is 56.3. The summed E-state index contributed by atoms with van der Waals surface area (Å²) in [5.41, 5.74) is 16.0. The first-order chi connectivity index (χ1) is 39.3. The van der Waals surface area contributed by atoms with Gasteiger partial charge in [-0.2, -0.15) is 0 Å². The molecule has 0 aliphatic carbocycles. The summed E-state index contributed by atoms with van der Waals surface area (Å²) in [6, 6.07) is 34.8. The lowest BCUT2D eigenvalue weighted by atomic mass is 9.78. The topological polar surface area (TPSA) is 118 Å². The molecule has 2 aliphatic rings. The largest absolute Gasteiger partial charge is 0.424 e. The average molecular weight is 1150 g/mol. The number of carbonyl (C=O) groups excluding carboxylic acids is 3. The van der Waals surface area contributed by atoms with Gasteiger partial charge in [-0.3, -0.25) is 14.4 Å². The summed E-state index contributed by atoms with van der Waals surface area (Å²) in [5.74, 6) is -1.57. The highest BCUT2D eigenvalue weighted by molar-refractivity contribution is 6.52. The van der Waals surface area contributed by atoms with Gasteiger partial charge in [0.25, 0.3) is 11.6 Å². The van der Waals surface area contributed by atoms with E-state index in [-0.39, 0.29) is 54.7 Å². The Morgan fingerprint density at radius 2 is 0.570 bits per heavy atom. The number of aromatic amines is 2. The zero-order chi connectivity index (χ0) is 63.7. The van der Waals surface area contributed by atoms with Gasteiger partial charge in [0.05, 0.1) is 5.69 Å². The van der Waals surface area contributed by atoms with Gasteiger partial charge >= 0.3 is 5.97 Å². The maximum atomic E-state index is 15.7. The Morgan fingerprint density at radius 1 is 0.337 bits per heavy atom. The molecule has 0 unspecified atom stereocenters. The Hall–Kier alpha value is -7.45. The monoisotopic (exact) mass is 1150 g/mol. The molecule has 2 aliphatic heterocycles. The number of ether oxygens (including phenoxy) is 1. The molecule has 0 amide bonds. The Bertz CT molecular complexity index is 4020. The van der Waals surface area contributed by atoms with E-state index < -0.39 is 17.5 Å². The quantitative estimate of drug-likeness (QED) is 0.131. The second kappa shape index (κ2) is 21.2. The first-order valence-corrected chi connectivity index (χ1v) is 30.7. The summed E-state index contributed by atoms with van der Waals surface area (Å²) in [5, 5.41) is 0. The zero-order valence-electron chi connectivity index (χ0n) is 56.3. The van der Waals surface area contributed by atoms with Crippen LogP contribution in [-0.4, -0.2) is 37.5 Å². The number of nitrogens with one attached hydrogen (secondary N) is 2. The van der Waals surface area contributed by atoms with Crippen molar-refractivity contribution in [3.63, 3.8) is 0 Å². The molecule has 86 heavy (non-hydrogen) atoms. The number of aromatic nitrogens is 4. The SMILES string of the molecule is CC(=O)OC1=Cc2nc1c(-c1cc(C(C)(C)C)cc(C(C)(C)C)c1)c1ccc([nH]1)c(-c1cc(C(C)(C)C)cc(C(C)(C)C)c1)c1nc(c(-c3cc(C(C)(C)C)cc(C(C)(C)C)c3)c3ccc([nH]3)c2-c2cc(C(C)(C)C)cc(C(C)(C)C)c2)C(=O)C1=O. The van der Waals surface area contributed by atoms with E-state index in [0.717, 1.165) is 72.3 Å². The van der Waals surface area contributed by atoms with E-state index in [1.165, 1.54) is 6.92 Å². The molecule has 0 fully saturated rings. The van der Waals surface area contributed by atoms with Gasteiger partial charge in [0, 0.05) is 57.3 Å². The van der Waals surface area contributed by atoms with Crippen molar-refractivity contribution in [2.24, 2.45) is 0 Å². The molecule has 0 spiro atoms. The van der Waals surface area contributed by atoms with Crippen molar-refractivity contribution in [3.05, 3.63) is 164 Å². The van der Waals surface area contributed by atoms with Gasteiger partial charge in [-0.15, -0.1) is 0 Å². The molecule has 5 heterocycles. The van der Waals surface area contributed by atoms with Crippen LogP contribution in [0.2, 0.25) is 0 Å². The standard InChI is InChI=1S/C78H94N4O4/c1-43(83)86-61-42-60-62(44-30-48(71(2,3)4)38-49(31-44)72(5,6)7)56-26-27-58(79-56)64(46-34-52(75(14,15)16)40-53(35-46)76(17,18)19)67-69(84)70(85)68(82-67)65(47-36-54(77(20,21)22)41-55(37-47)78(23,24)25)59-29-28-57(80-59)63(66(61)81-60)45-32-50(73(8,9)10)39-51(33-45)74(11,12)13/h26-42,79-80H,1-25H3. The summed E-state index contributed by atoms with van der Waals surface area (Å²) in [6.07, 6.45) is 1.91. The average Bonchev–Trinajstić information content (AvgIpc) is 1.59. The molecule has 8 nitrogen and oxygen atoms in total. The Labute approximate surface area is 513 Å². The highest BCUT2D eigenvalue weighted by Crippen LogP contribution is 2.46. The number of nitrogens with zero attached hydrogens (tertiary/aromatic N) is 2. The smallest absolute Gasteiger partial charge is 0.308 e. The molecule has 4 aromatic carbocycles. The van der Waals surface area contributed by atoms with Crippen LogP contribution in [0.1, 0.15) is 250 Å². The summed E-state index contributed by atoms with van der Waals surface area (Å²) >= 11 is 0. The van der Waals surface area contributed by atoms with Gasteiger partial charge in [0.15, 0.2) is 5.76 Å². The minimum Gasteiger partial charge on any atom is -0.424 e. The van der Waals surface area contributed by atoms with Crippen LogP contribution in [0.25, 0.3) is 78.4 Å². The molecule has 8 bridgehead atoms. The molecular weight excluding hydrogens is 1060 g/mol. The van der Waals surface area contributed by atoms with Crippen LogP contribution in [-0.2, 0) is 52.9 Å². The van der Waals surface area contributed by atoms with E-state index >= 15 is 9.59 Å². The maximum absolute atomic E-state index is 15.7. The Kier molecular flexibility index (Phi) is 15.5. The third-order valence-corrected chi connectivity index (χ3v) is 17.1. The fourth-order valence-electron chi connectivity index (χ4n) is 11.3. The number of carbonyl (C=O) groups is 3. The number of Topliss-reactive ketones (excluding diaryl/α,β-unsaturated/α-hetero) is 2. The minimum absolute atomic E-state index is 0.0466. The normalized spacial score (nSPS) is 14.0. The first-order valence-electron chi connectivity index (χ1n) is 30.7. The van der Waals surface area contributed by atoms with E-state index in [1.807, 2.05) is 30.3 Å². The van der Waals surface area contributed by atoms with Crippen molar-refractivity contribution in [1.82, 2.24) is 19.9 Å². The van der Waals surface area contributed by atoms with Crippen LogP contribution in [0, 0.1) is 0 Å². The Morgan fingerprint density at radius 3 is 0.814 bits per heavy atom. The molecule has 0 saturated heterocycles. The van der Waals surface area contributed by atoms with E-state index in [2.05, 4.69) is 249 Å². The van der Waals surface area contributed by atoms with Gasteiger partial charge in [0.2, 0.25) is 0 Å². The lowest BCUT2D eigenvalue weighted by Gasteiger charge is -2.26. The molecular formula is C78H94N4O4. The molecule has 0 radical (unpaired) electrons. The molecule has 8 heteroatoms. The second-order valence-corrected chi connectivity index (χ2v) is 32.7. The van der Waals surface area contributed by atoms with Crippen LogP contribution in [0.5, 0.6) is 0 Å². The Balaban J connectivity index is 1.64. The summed E-state index contributed by atoms with van der Waals surface area (Å²) in [6.45, 7) is 54.5. The van der Waals surface area contributed by atoms with Crippen molar-refractivity contribution in [2.45, 2.75) is 216 Å². The van der Waals surface area contributed by atoms with E-state index in [0.29, 0.717) is 55.9 Å². The molecule has 0 atom stereocenters. The summed E-state index contributed by atoms with van der Waals surface area (Å²) < 4.78 is 6.44. The summed E-state index contributed by atoms with van der Waals surface area (Å²) in [4.78, 5) is 64.1. The molecule has 0 saturated carbocycles. The van der Waals surface area contributed by atoms with Crippen LogP contribution in [0.3, 0.4) is 0 Å². The predicted octanol–water partition coefficient (Wildman–Crippen LogP) is 20.5. The van der Waals surface area contributed by atoms with Gasteiger partial charge in [-0.1, -0.05) is 239 Å². The van der Waals surface area contributed by atoms with Crippen LogP contribution in [0.15, 0.2) is 97.1 Å². The number of H-pyrrole nitrogens is 2. The van der Waals surface area contributed by atoms with Crippen molar-refractivity contribution >= 4 is 51.4 Å². The number of benzene rings is 4. The molecule has 450 valence electrons. The number of ketones is 2. The van der Waals surface area contributed by atoms with Crippen LogP contribution < -0.4 is 0 Å². The third-order valence-electron chi connectivity index (χ3n) is 17.1. The molecule has 9 rings (SSSR count). The van der Waals surface area contributed by atoms with Crippen molar-refractivity contribution < 1.29 is 19.1 Å². The maximum Gasteiger partial charge on any atom is 0.308 e. The van der Waals surface area contributed by atoms with Crippen molar-refractivity contribution in [3.8, 4) is 44.5 Å². The number of rotatable bonds is 5. The first kappa shape index (κ1) is 63.1. The van der Waals surface area contributed by atoms with Crippen molar-refractivity contribution in [1.29, 1.82) is 0 Å². The second-order valence-electron chi connectivity index (χ2n) is 32.7. The number of esters is 1. The lowest BCUT2D eigenvalue weighted by molar-refractivity contribution is -0.134. The van der Waals surface area contributed by atoms with E-state index in [4.69, 9.17) is 14.7 Å². The fraction of sp³-hybridized carbons (Fsp3) is 0.423. The highest BCUT2D eigenvalue weighted by atomic mass is 16.5. The van der Waals surface area contributed by atoms with Crippen molar-refractivity contribution in [2.75, 3.05) is 0 Å². The minimum atomic E-state index is -0.696. The van der Waals surface area contributed by atoms with Gasteiger partial charge in [-0.05, 0) is 134 Å². The predicted molar refractivity (Wildman–Crippen MR) is 361 cm³/mol. The highest BCUT2D eigenvalue weighted by Gasteiger charge is 2.37. The number of hydrogen-bond acceptors (Lipinski definition) is 6. The lowest BCUT2D eigenvalue weighted by Crippen LogP contribution is -2.17. The number of fused-ring (bicyclic) bond motifs is 8. The van der Waals surface area contributed by atoms with Gasteiger partial charge < -0.3 is 14.7 Å².